The van der Waals surface area contributed by atoms with Gasteiger partial charge in [-0.1, -0.05) is 121 Å². The summed E-state index contributed by atoms with van der Waals surface area (Å²) in [5.41, 5.74) is 4.13. The molecule has 0 saturated heterocycles. The summed E-state index contributed by atoms with van der Waals surface area (Å²) in [7, 11) is 0. The van der Waals surface area contributed by atoms with Gasteiger partial charge in [0.05, 0.1) is 6.61 Å². The maximum atomic E-state index is 6.01. The molecule has 200 valence electrons. The van der Waals surface area contributed by atoms with Gasteiger partial charge in [-0.2, -0.15) is 0 Å². The quantitative estimate of drug-likeness (QED) is 0.200. The fourth-order valence-electron chi connectivity index (χ4n) is 5.94. The minimum Gasteiger partial charge on any atom is -0.494 e. The first-order chi connectivity index (χ1) is 17.7. The van der Waals surface area contributed by atoms with Crippen LogP contribution in [-0.2, 0) is 0 Å². The molecule has 0 bridgehead atoms. The summed E-state index contributed by atoms with van der Waals surface area (Å²) in [6.45, 7) is 7.87. The molecule has 1 heteroatoms. The molecule has 0 aliphatic heterocycles. The minimum atomic E-state index is 0.758. The largest absolute Gasteiger partial charge is 0.494 e. The van der Waals surface area contributed by atoms with Crippen molar-refractivity contribution in [3.8, 4) is 16.9 Å². The zero-order valence-electron chi connectivity index (χ0n) is 23.8. The fourth-order valence-corrected chi connectivity index (χ4v) is 5.94. The van der Waals surface area contributed by atoms with Gasteiger partial charge in [0, 0.05) is 0 Å². The standard InChI is InChI=1S/C35H54O/c1-4-6-7-8-9-10-11-12-13-14-27-36-35-25-23-34(24-26-35)33-21-19-32(20-22-33)31-17-15-30(16-18-31)28-29(3)5-2/h19-26,29-31H,4-18,27-28H2,1-3H3. The smallest absolute Gasteiger partial charge is 0.119 e. The molecule has 1 unspecified atom stereocenters. The molecule has 36 heavy (non-hydrogen) atoms. The lowest BCUT2D eigenvalue weighted by molar-refractivity contribution is 0.273. The highest BCUT2D eigenvalue weighted by molar-refractivity contribution is 5.64. The second-order valence-electron chi connectivity index (χ2n) is 11.6. The molecule has 1 nitrogen and oxygen atoms in total. The molecule has 2 aromatic carbocycles. The number of rotatable bonds is 17. The van der Waals surface area contributed by atoms with E-state index < -0.39 is 0 Å². The molecule has 0 radical (unpaired) electrons. The monoisotopic (exact) mass is 490 g/mol. The Bertz CT molecular complexity index is 798. The van der Waals surface area contributed by atoms with Crippen LogP contribution < -0.4 is 4.74 Å². The fraction of sp³-hybridized carbons (Fsp3) is 0.657. The van der Waals surface area contributed by atoms with Gasteiger partial charge in [0.25, 0.3) is 0 Å². The van der Waals surface area contributed by atoms with Crippen molar-refractivity contribution in [2.75, 3.05) is 6.61 Å². The lowest BCUT2D eigenvalue weighted by Gasteiger charge is -2.30. The van der Waals surface area contributed by atoms with E-state index in [0.717, 1.165) is 30.1 Å². The second kappa shape index (κ2) is 16.9. The minimum absolute atomic E-state index is 0.758. The van der Waals surface area contributed by atoms with Crippen LogP contribution >= 0.6 is 0 Å². The average Bonchev–Trinajstić information content (AvgIpc) is 2.92. The Balaban J connectivity index is 1.32. The molecular weight excluding hydrogens is 436 g/mol. The van der Waals surface area contributed by atoms with Gasteiger partial charge in [-0.3, -0.25) is 0 Å². The number of hydrogen-bond acceptors (Lipinski definition) is 1. The van der Waals surface area contributed by atoms with E-state index in [1.165, 1.54) is 119 Å². The summed E-state index contributed by atoms with van der Waals surface area (Å²) in [4.78, 5) is 0. The molecule has 0 N–H and O–H groups in total. The van der Waals surface area contributed by atoms with Crippen LogP contribution in [0.15, 0.2) is 48.5 Å². The van der Waals surface area contributed by atoms with Crippen molar-refractivity contribution in [1.82, 2.24) is 0 Å². The summed E-state index contributed by atoms with van der Waals surface area (Å²) < 4.78 is 6.01. The van der Waals surface area contributed by atoms with E-state index in [2.05, 4.69) is 69.3 Å². The van der Waals surface area contributed by atoms with Gasteiger partial charge >= 0.3 is 0 Å². The van der Waals surface area contributed by atoms with Gasteiger partial charge in [0.1, 0.15) is 5.75 Å². The highest BCUT2D eigenvalue weighted by atomic mass is 16.5. The van der Waals surface area contributed by atoms with Gasteiger partial charge < -0.3 is 4.74 Å². The molecule has 1 fully saturated rings. The number of ether oxygens (including phenoxy) is 1. The second-order valence-corrected chi connectivity index (χ2v) is 11.6. The van der Waals surface area contributed by atoms with Crippen molar-refractivity contribution in [1.29, 1.82) is 0 Å². The van der Waals surface area contributed by atoms with Crippen LogP contribution in [0.3, 0.4) is 0 Å². The lowest BCUT2D eigenvalue weighted by atomic mass is 9.75. The van der Waals surface area contributed by atoms with Crippen LogP contribution in [0.4, 0.5) is 0 Å². The Morgan fingerprint density at radius 3 is 1.75 bits per heavy atom. The van der Waals surface area contributed by atoms with Gasteiger partial charge in [-0.25, -0.2) is 0 Å². The van der Waals surface area contributed by atoms with E-state index >= 15 is 0 Å². The topological polar surface area (TPSA) is 9.23 Å². The number of hydrogen-bond donors (Lipinski definition) is 0. The van der Waals surface area contributed by atoms with Crippen LogP contribution in [0.1, 0.15) is 135 Å². The van der Waals surface area contributed by atoms with Crippen molar-refractivity contribution < 1.29 is 4.74 Å². The van der Waals surface area contributed by atoms with E-state index in [1.807, 2.05) is 0 Å². The van der Waals surface area contributed by atoms with Gasteiger partial charge in [0.15, 0.2) is 0 Å². The zero-order valence-corrected chi connectivity index (χ0v) is 23.8. The van der Waals surface area contributed by atoms with E-state index in [4.69, 9.17) is 4.74 Å². The molecule has 0 aromatic heterocycles. The third-order valence-electron chi connectivity index (χ3n) is 8.62. The predicted octanol–water partition coefficient (Wildman–Crippen LogP) is 11.4. The summed E-state index contributed by atoms with van der Waals surface area (Å²) in [6, 6.07) is 18.1. The van der Waals surface area contributed by atoms with Crippen LogP contribution in [0.2, 0.25) is 0 Å². The SMILES string of the molecule is CCCCCCCCCCCCOc1ccc(-c2ccc(C3CCC(CC(C)CC)CC3)cc2)cc1. The van der Waals surface area contributed by atoms with Crippen molar-refractivity contribution in [2.45, 2.75) is 129 Å². The van der Waals surface area contributed by atoms with E-state index in [1.54, 1.807) is 0 Å². The summed E-state index contributed by atoms with van der Waals surface area (Å²) in [6.07, 6.45) is 21.9. The summed E-state index contributed by atoms with van der Waals surface area (Å²) in [5.74, 6) is 3.61. The van der Waals surface area contributed by atoms with Gasteiger partial charge in [0.2, 0.25) is 0 Å². The molecule has 0 amide bonds. The highest BCUT2D eigenvalue weighted by Crippen LogP contribution is 2.39. The Morgan fingerprint density at radius 2 is 1.19 bits per heavy atom. The van der Waals surface area contributed by atoms with Crippen molar-refractivity contribution in [3.05, 3.63) is 54.1 Å². The lowest BCUT2D eigenvalue weighted by Crippen LogP contribution is -2.15. The molecule has 0 heterocycles. The molecule has 1 aliphatic rings. The van der Waals surface area contributed by atoms with Crippen molar-refractivity contribution >= 4 is 0 Å². The Hall–Kier alpha value is -1.76. The van der Waals surface area contributed by atoms with Crippen LogP contribution in [0.25, 0.3) is 11.1 Å². The molecule has 3 rings (SSSR count). The first-order valence-corrected chi connectivity index (χ1v) is 15.5. The maximum Gasteiger partial charge on any atom is 0.119 e. The van der Waals surface area contributed by atoms with Crippen molar-refractivity contribution in [3.63, 3.8) is 0 Å². The highest BCUT2D eigenvalue weighted by Gasteiger charge is 2.23. The molecule has 0 spiro atoms. The third kappa shape index (κ3) is 10.3. The Morgan fingerprint density at radius 1 is 0.667 bits per heavy atom. The molecule has 2 aromatic rings. The normalized spacial score (nSPS) is 18.8. The first-order valence-electron chi connectivity index (χ1n) is 15.5. The Kier molecular flexibility index (Phi) is 13.5. The van der Waals surface area contributed by atoms with E-state index in [9.17, 15) is 0 Å². The van der Waals surface area contributed by atoms with Crippen molar-refractivity contribution in [2.24, 2.45) is 11.8 Å². The van der Waals surface area contributed by atoms with Crippen LogP contribution in [0.5, 0.6) is 5.75 Å². The van der Waals surface area contributed by atoms with Crippen LogP contribution in [0, 0.1) is 11.8 Å². The molecule has 1 atom stereocenters. The number of unbranched alkanes of at least 4 members (excludes halogenated alkanes) is 9. The third-order valence-corrected chi connectivity index (χ3v) is 8.62. The van der Waals surface area contributed by atoms with Crippen LogP contribution in [-0.4, -0.2) is 6.61 Å². The zero-order chi connectivity index (χ0) is 25.4. The average molecular weight is 491 g/mol. The van der Waals surface area contributed by atoms with Gasteiger partial charge in [-0.15, -0.1) is 0 Å². The first kappa shape index (κ1) is 28.8. The molecular formula is C35H54O. The van der Waals surface area contributed by atoms with E-state index in [-0.39, 0.29) is 0 Å². The summed E-state index contributed by atoms with van der Waals surface area (Å²) in [5, 5.41) is 0. The maximum absolute atomic E-state index is 6.01. The van der Waals surface area contributed by atoms with Gasteiger partial charge in [-0.05, 0) is 85.1 Å². The predicted molar refractivity (Wildman–Crippen MR) is 158 cm³/mol. The molecule has 1 aliphatic carbocycles. The van der Waals surface area contributed by atoms with E-state index in [0.29, 0.717) is 0 Å². The molecule has 1 saturated carbocycles. The summed E-state index contributed by atoms with van der Waals surface area (Å²) >= 11 is 0. The Labute approximate surface area is 223 Å². The number of benzene rings is 2.